The van der Waals surface area contributed by atoms with Crippen molar-refractivity contribution in [2.24, 2.45) is 0 Å². The zero-order valence-corrected chi connectivity index (χ0v) is 15.3. The van der Waals surface area contributed by atoms with Gasteiger partial charge in [0, 0.05) is 4.88 Å². The van der Waals surface area contributed by atoms with Gasteiger partial charge >= 0.3 is 0 Å². The lowest BCUT2D eigenvalue weighted by Gasteiger charge is -2.26. The van der Waals surface area contributed by atoms with Crippen LogP contribution in [0.2, 0.25) is 0 Å². The third-order valence-corrected chi connectivity index (χ3v) is 5.63. The Morgan fingerprint density at radius 2 is 2.14 bits per heavy atom. The first-order chi connectivity index (χ1) is 10.1. The standard InChI is InChI=1S/C17H20INOS/c1-11(2)20-15-8-4-3-6-14(15)19-13-7-5-9-16-12(13)10-17(18)21-16/h3-4,6,8,10-11,13,19H,5,7,9H2,1-2H3. The maximum Gasteiger partial charge on any atom is 0.142 e. The average molecular weight is 413 g/mol. The first kappa shape index (κ1) is 15.2. The zero-order valence-electron chi connectivity index (χ0n) is 12.4. The molecule has 0 aliphatic heterocycles. The van der Waals surface area contributed by atoms with E-state index >= 15 is 0 Å². The van der Waals surface area contributed by atoms with E-state index in [2.05, 4.69) is 60.0 Å². The van der Waals surface area contributed by atoms with Crippen molar-refractivity contribution in [1.29, 1.82) is 0 Å². The molecule has 1 N–H and O–H groups in total. The Labute approximate surface area is 144 Å². The summed E-state index contributed by atoms with van der Waals surface area (Å²) in [6.45, 7) is 4.13. The van der Waals surface area contributed by atoms with Crippen LogP contribution in [-0.4, -0.2) is 6.10 Å². The number of anilines is 1. The summed E-state index contributed by atoms with van der Waals surface area (Å²) in [5.41, 5.74) is 2.58. The van der Waals surface area contributed by atoms with Crippen LogP contribution in [0.3, 0.4) is 0 Å². The summed E-state index contributed by atoms with van der Waals surface area (Å²) in [5, 5.41) is 3.70. The molecule has 2 aromatic rings. The minimum absolute atomic E-state index is 0.192. The van der Waals surface area contributed by atoms with Gasteiger partial charge in [0.15, 0.2) is 0 Å². The van der Waals surface area contributed by atoms with Crippen molar-refractivity contribution in [1.82, 2.24) is 0 Å². The van der Waals surface area contributed by atoms with Gasteiger partial charge in [0.2, 0.25) is 0 Å². The van der Waals surface area contributed by atoms with Crippen molar-refractivity contribution in [3.05, 3.63) is 43.7 Å². The molecule has 0 spiro atoms. The molecule has 1 aliphatic carbocycles. The van der Waals surface area contributed by atoms with Crippen molar-refractivity contribution in [2.75, 3.05) is 5.32 Å². The smallest absolute Gasteiger partial charge is 0.142 e. The van der Waals surface area contributed by atoms with E-state index in [0.29, 0.717) is 6.04 Å². The van der Waals surface area contributed by atoms with E-state index in [-0.39, 0.29) is 6.10 Å². The highest BCUT2D eigenvalue weighted by Crippen LogP contribution is 2.39. The minimum Gasteiger partial charge on any atom is -0.489 e. The van der Waals surface area contributed by atoms with E-state index in [1.165, 1.54) is 27.7 Å². The van der Waals surface area contributed by atoms with Crippen LogP contribution in [0.15, 0.2) is 30.3 Å². The Kier molecular flexibility index (Phi) is 4.74. The number of rotatable bonds is 4. The molecule has 0 saturated heterocycles. The second-order valence-corrected chi connectivity index (χ2v) is 8.71. The fourth-order valence-electron chi connectivity index (χ4n) is 2.80. The lowest BCUT2D eigenvalue weighted by Crippen LogP contribution is -2.17. The van der Waals surface area contributed by atoms with Crippen LogP contribution < -0.4 is 10.1 Å². The van der Waals surface area contributed by atoms with E-state index in [4.69, 9.17) is 4.74 Å². The van der Waals surface area contributed by atoms with Crippen molar-refractivity contribution < 1.29 is 4.74 Å². The van der Waals surface area contributed by atoms with Crippen LogP contribution in [0.5, 0.6) is 5.75 Å². The van der Waals surface area contributed by atoms with Gasteiger partial charge in [-0.1, -0.05) is 12.1 Å². The van der Waals surface area contributed by atoms with Crippen molar-refractivity contribution in [3.8, 4) is 5.75 Å². The van der Waals surface area contributed by atoms with E-state index in [9.17, 15) is 0 Å². The van der Waals surface area contributed by atoms with Gasteiger partial charge in [-0.2, -0.15) is 0 Å². The highest BCUT2D eigenvalue weighted by Gasteiger charge is 2.23. The number of hydrogen-bond acceptors (Lipinski definition) is 3. The monoisotopic (exact) mass is 413 g/mol. The van der Waals surface area contributed by atoms with E-state index in [1.54, 1.807) is 4.88 Å². The summed E-state index contributed by atoms with van der Waals surface area (Å²) in [4.78, 5) is 1.55. The summed E-state index contributed by atoms with van der Waals surface area (Å²) in [6.07, 6.45) is 3.87. The van der Waals surface area contributed by atoms with Gasteiger partial charge in [-0.25, -0.2) is 0 Å². The Hall–Kier alpha value is -0.750. The van der Waals surface area contributed by atoms with Crippen molar-refractivity contribution >= 4 is 39.6 Å². The van der Waals surface area contributed by atoms with Crippen LogP contribution in [0, 0.1) is 2.88 Å². The first-order valence-electron chi connectivity index (χ1n) is 7.44. The number of thiophene rings is 1. The summed E-state index contributed by atoms with van der Waals surface area (Å²) in [6, 6.07) is 11.0. The third kappa shape index (κ3) is 3.54. The molecular formula is C17H20INOS. The predicted molar refractivity (Wildman–Crippen MR) is 98.5 cm³/mol. The summed E-state index contributed by atoms with van der Waals surface area (Å²) in [7, 11) is 0. The van der Waals surface area contributed by atoms with Gasteiger partial charge in [0.25, 0.3) is 0 Å². The normalized spacial score (nSPS) is 17.6. The molecule has 0 amide bonds. The summed E-state index contributed by atoms with van der Waals surface area (Å²) < 4.78 is 7.31. The highest BCUT2D eigenvalue weighted by molar-refractivity contribution is 14.1. The molecule has 0 bridgehead atoms. The molecule has 0 saturated carbocycles. The molecule has 1 aromatic heterocycles. The predicted octanol–water partition coefficient (Wildman–Crippen LogP) is 5.63. The summed E-state index contributed by atoms with van der Waals surface area (Å²) in [5.74, 6) is 0.949. The molecule has 0 fully saturated rings. The number of nitrogens with one attached hydrogen (secondary N) is 1. The van der Waals surface area contributed by atoms with Gasteiger partial charge in [0.05, 0.1) is 20.7 Å². The van der Waals surface area contributed by atoms with Gasteiger partial charge < -0.3 is 10.1 Å². The Balaban J connectivity index is 1.84. The largest absolute Gasteiger partial charge is 0.489 e. The van der Waals surface area contributed by atoms with Gasteiger partial charge in [0.1, 0.15) is 5.75 Å². The molecule has 21 heavy (non-hydrogen) atoms. The molecule has 1 aliphatic rings. The Bertz CT molecular complexity index is 623. The zero-order chi connectivity index (χ0) is 14.8. The minimum atomic E-state index is 0.192. The fraction of sp³-hybridized carbons (Fsp3) is 0.412. The molecule has 4 heteroatoms. The maximum atomic E-state index is 5.92. The molecule has 2 nitrogen and oxygen atoms in total. The first-order valence-corrected chi connectivity index (χ1v) is 9.33. The lowest BCUT2D eigenvalue weighted by molar-refractivity contribution is 0.243. The molecular weight excluding hydrogens is 393 g/mol. The van der Waals surface area contributed by atoms with E-state index in [0.717, 1.165) is 11.4 Å². The van der Waals surface area contributed by atoms with Crippen LogP contribution in [0.25, 0.3) is 0 Å². The Morgan fingerprint density at radius 1 is 1.33 bits per heavy atom. The molecule has 1 atom stereocenters. The number of para-hydroxylation sites is 2. The topological polar surface area (TPSA) is 21.3 Å². The second kappa shape index (κ2) is 6.57. The highest BCUT2D eigenvalue weighted by atomic mass is 127. The van der Waals surface area contributed by atoms with Crippen molar-refractivity contribution in [3.63, 3.8) is 0 Å². The average Bonchev–Trinajstić information content (AvgIpc) is 2.82. The number of aryl methyl sites for hydroxylation is 1. The van der Waals surface area contributed by atoms with Gasteiger partial charge in [-0.05, 0) is 79.5 Å². The quantitative estimate of drug-likeness (QED) is 0.656. The molecule has 1 unspecified atom stereocenters. The fourth-order valence-corrected chi connectivity index (χ4v) is 4.92. The van der Waals surface area contributed by atoms with E-state index < -0.39 is 0 Å². The van der Waals surface area contributed by atoms with E-state index in [1.807, 2.05) is 23.5 Å². The molecule has 0 radical (unpaired) electrons. The van der Waals surface area contributed by atoms with Crippen molar-refractivity contribution in [2.45, 2.75) is 45.3 Å². The van der Waals surface area contributed by atoms with Gasteiger partial charge in [-0.3, -0.25) is 0 Å². The van der Waals surface area contributed by atoms with Crippen LogP contribution in [0.4, 0.5) is 5.69 Å². The summed E-state index contributed by atoms with van der Waals surface area (Å²) >= 11 is 4.37. The van der Waals surface area contributed by atoms with Crippen LogP contribution in [-0.2, 0) is 6.42 Å². The number of fused-ring (bicyclic) bond motifs is 1. The van der Waals surface area contributed by atoms with Crippen LogP contribution in [0.1, 0.15) is 43.2 Å². The second-order valence-electron chi connectivity index (χ2n) is 5.68. The molecule has 1 heterocycles. The molecule has 3 rings (SSSR count). The molecule has 1 aromatic carbocycles. The number of halogens is 1. The SMILES string of the molecule is CC(C)Oc1ccccc1NC1CCCc2sc(I)cc21. The number of hydrogen-bond donors (Lipinski definition) is 1. The number of benzene rings is 1. The molecule has 112 valence electrons. The number of ether oxygens (including phenoxy) is 1. The Morgan fingerprint density at radius 3 is 2.95 bits per heavy atom. The third-order valence-electron chi connectivity index (χ3n) is 3.66. The van der Waals surface area contributed by atoms with Crippen LogP contribution >= 0.6 is 33.9 Å². The lowest BCUT2D eigenvalue weighted by atomic mass is 9.94. The van der Waals surface area contributed by atoms with Gasteiger partial charge in [-0.15, -0.1) is 11.3 Å². The maximum absolute atomic E-state index is 5.92.